The lowest BCUT2D eigenvalue weighted by Crippen LogP contribution is -1.95. The molecule has 2 bridgehead atoms. The summed E-state index contributed by atoms with van der Waals surface area (Å²) >= 11 is 1.80. The Kier molecular flexibility index (Phi) is 0.875. The third kappa shape index (κ3) is 0.564. The van der Waals surface area contributed by atoms with Gasteiger partial charge in [-0.15, -0.1) is 11.3 Å². The van der Waals surface area contributed by atoms with Crippen LogP contribution in [0.1, 0.15) is 17.1 Å². The van der Waals surface area contributed by atoms with E-state index in [2.05, 4.69) is 10.4 Å². The minimum atomic E-state index is 1.20. The molecule has 0 saturated carbocycles. The minimum absolute atomic E-state index is 1.20. The Morgan fingerprint density at radius 2 is 2.50 bits per heavy atom. The first-order valence-corrected chi connectivity index (χ1v) is 3.76. The van der Waals surface area contributed by atoms with Gasteiger partial charge in [0.15, 0.2) is 0 Å². The molecule has 0 amide bonds. The topological polar surface area (TPSA) is 12.9 Å². The maximum Gasteiger partial charge on any atom is 0.0928 e. The molecule has 42 valence electrons. The summed E-state index contributed by atoms with van der Waals surface area (Å²) in [5.74, 6) is 0. The molecule has 0 atom stereocenters. The van der Waals surface area contributed by atoms with Crippen molar-refractivity contribution in [3.05, 3.63) is 16.1 Å². The largest absolute Gasteiger partial charge is 0.246 e. The molecule has 1 aliphatic rings. The summed E-state index contributed by atoms with van der Waals surface area (Å²) in [5, 5.41) is 3.49. The summed E-state index contributed by atoms with van der Waals surface area (Å²) < 4.78 is 0. The van der Waals surface area contributed by atoms with Crippen molar-refractivity contribution in [1.29, 1.82) is 0 Å². The van der Waals surface area contributed by atoms with E-state index in [1.54, 1.807) is 11.3 Å². The minimum Gasteiger partial charge on any atom is -0.246 e. The first kappa shape index (κ1) is 4.50. The van der Waals surface area contributed by atoms with E-state index in [1.807, 2.05) is 0 Å². The highest BCUT2D eigenvalue weighted by Crippen LogP contribution is 2.18. The van der Waals surface area contributed by atoms with Crippen molar-refractivity contribution in [3.8, 4) is 0 Å². The van der Waals surface area contributed by atoms with Gasteiger partial charge < -0.3 is 0 Å². The van der Waals surface area contributed by atoms with Crippen molar-refractivity contribution < 1.29 is 0 Å². The zero-order valence-electron chi connectivity index (χ0n) is 4.55. The van der Waals surface area contributed by atoms with Gasteiger partial charge in [0, 0.05) is 5.38 Å². The summed E-state index contributed by atoms with van der Waals surface area (Å²) in [6.45, 7) is 0. The second-order valence-electron chi connectivity index (χ2n) is 2.09. The molecule has 0 saturated heterocycles. The van der Waals surface area contributed by atoms with Gasteiger partial charge in [-0.05, 0) is 19.3 Å². The van der Waals surface area contributed by atoms with Crippen LogP contribution in [0.25, 0.3) is 0 Å². The molecule has 0 aliphatic carbocycles. The van der Waals surface area contributed by atoms with Gasteiger partial charge in [-0.2, -0.15) is 0 Å². The van der Waals surface area contributed by atoms with Crippen LogP contribution in [-0.4, -0.2) is 4.98 Å². The number of hydrogen-bond acceptors (Lipinski definition) is 2. The van der Waals surface area contributed by atoms with Gasteiger partial charge in [0.05, 0.1) is 10.7 Å². The van der Waals surface area contributed by atoms with Crippen LogP contribution < -0.4 is 0 Å². The molecule has 1 aliphatic heterocycles. The second-order valence-corrected chi connectivity index (χ2v) is 3.03. The average Bonchev–Trinajstić information content (AvgIpc) is 2.12. The first-order valence-electron chi connectivity index (χ1n) is 2.88. The molecule has 0 unspecified atom stereocenters. The molecular formula is C6H7NS. The molecular weight excluding hydrogens is 118 g/mol. The van der Waals surface area contributed by atoms with Crippen molar-refractivity contribution in [1.82, 2.24) is 4.98 Å². The SMILES string of the molecule is c1sc2nc1CCC2. The number of fused-ring (bicyclic) bond motifs is 2. The zero-order valence-corrected chi connectivity index (χ0v) is 5.37. The van der Waals surface area contributed by atoms with Crippen LogP contribution in [0.3, 0.4) is 0 Å². The van der Waals surface area contributed by atoms with Gasteiger partial charge in [0.25, 0.3) is 0 Å². The van der Waals surface area contributed by atoms with E-state index in [9.17, 15) is 0 Å². The van der Waals surface area contributed by atoms with Crippen molar-refractivity contribution in [2.24, 2.45) is 0 Å². The number of aromatic nitrogens is 1. The van der Waals surface area contributed by atoms with Gasteiger partial charge in [-0.1, -0.05) is 0 Å². The molecule has 1 aromatic heterocycles. The predicted octanol–water partition coefficient (Wildman–Crippen LogP) is 1.63. The summed E-state index contributed by atoms with van der Waals surface area (Å²) in [7, 11) is 0. The Morgan fingerprint density at radius 3 is 3.25 bits per heavy atom. The van der Waals surface area contributed by atoms with Crippen LogP contribution >= 0.6 is 11.3 Å². The van der Waals surface area contributed by atoms with Crippen molar-refractivity contribution in [3.63, 3.8) is 0 Å². The quantitative estimate of drug-likeness (QED) is 0.513. The highest BCUT2D eigenvalue weighted by molar-refractivity contribution is 7.09. The van der Waals surface area contributed by atoms with Gasteiger partial charge in [-0.25, -0.2) is 4.98 Å². The van der Waals surface area contributed by atoms with Crippen molar-refractivity contribution in [2.45, 2.75) is 19.3 Å². The van der Waals surface area contributed by atoms with Crippen LogP contribution in [-0.2, 0) is 12.8 Å². The Morgan fingerprint density at radius 1 is 1.50 bits per heavy atom. The lowest BCUT2D eigenvalue weighted by atomic mass is 10.2. The lowest BCUT2D eigenvalue weighted by molar-refractivity contribution is 0.752. The fraction of sp³-hybridized carbons (Fsp3) is 0.500. The Hall–Kier alpha value is -0.370. The molecule has 2 heteroatoms. The van der Waals surface area contributed by atoms with Crippen molar-refractivity contribution >= 4 is 11.3 Å². The molecule has 1 nitrogen and oxygen atoms in total. The fourth-order valence-corrected chi connectivity index (χ4v) is 1.87. The number of aryl methyl sites for hydroxylation is 2. The predicted molar refractivity (Wildman–Crippen MR) is 34.1 cm³/mol. The van der Waals surface area contributed by atoms with E-state index in [0.29, 0.717) is 0 Å². The Labute approximate surface area is 52.4 Å². The number of hydrogen-bond donors (Lipinski definition) is 0. The number of rotatable bonds is 0. The highest BCUT2D eigenvalue weighted by atomic mass is 32.1. The maximum absolute atomic E-state index is 4.33. The van der Waals surface area contributed by atoms with E-state index in [4.69, 9.17) is 0 Å². The van der Waals surface area contributed by atoms with Crippen LogP contribution in [0.5, 0.6) is 0 Å². The zero-order chi connectivity index (χ0) is 5.40. The molecule has 2 rings (SSSR count). The lowest BCUT2D eigenvalue weighted by Gasteiger charge is -1.99. The second kappa shape index (κ2) is 1.55. The molecule has 0 spiro atoms. The maximum atomic E-state index is 4.33. The van der Waals surface area contributed by atoms with E-state index in [0.717, 1.165) is 0 Å². The van der Waals surface area contributed by atoms with E-state index in [1.165, 1.54) is 30.0 Å². The smallest absolute Gasteiger partial charge is 0.0928 e. The third-order valence-corrected chi connectivity index (χ3v) is 2.38. The summed E-state index contributed by atoms with van der Waals surface area (Å²) in [6.07, 6.45) is 3.73. The van der Waals surface area contributed by atoms with E-state index < -0.39 is 0 Å². The van der Waals surface area contributed by atoms with Crippen LogP contribution in [0.4, 0.5) is 0 Å². The van der Waals surface area contributed by atoms with Crippen molar-refractivity contribution in [2.75, 3.05) is 0 Å². The molecule has 0 fully saturated rings. The normalized spacial score (nSPS) is 16.5. The van der Waals surface area contributed by atoms with Crippen LogP contribution in [0.15, 0.2) is 5.38 Å². The van der Waals surface area contributed by atoms with Crippen LogP contribution in [0.2, 0.25) is 0 Å². The molecule has 0 radical (unpaired) electrons. The fourth-order valence-electron chi connectivity index (χ4n) is 0.999. The third-order valence-electron chi connectivity index (χ3n) is 1.42. The van der Waals surface area contributed by atoms with Gasteiger partial charge in [-0.3, -0.25) is 0 Å². The number of thiazole rings is 1. The summed E-state index contributed by atoms with van der Waals surface area (Å²) in [6, 6.07) is 0. The average molecular weight is 125 g/mol. The highest BCUT2D eigenvalue weighted by Gasteiger charge is 2.07. The summed E-state index contributed by atoms with van der Waals surface area (Å²) in [5.41, 5.74) is 1.30. The number of nitrogens with zero attached hydrogens (tertiary/aromatic N) is 1. The standard InChI is InChI=1S/C6H7NS/c1-2-5-4-8-6(3-1)7-5/h4H,1-3H2. The van der Waals surface area contributed by atoms with Gasteiger partial charge in [0.1, 0.15) is 0 Å². The Balaban J connectivity index is 2.53. The molecule has 1 aromatic rings. The molecule has 0 aromatic carbocycles. The molecule has 8 heavy (non-hydrogen) atoms. The monoisotopic (exact) mass is 125 g/mol. The van der Waals surface area contributed by atoms with Crippen LogP contribution in [0, 0.1) is 0 Å². The van der Waals surface area contributed by atoms with Gasteiger partial charge >= 0.3 is 0 Å². The van der Waals surface area contributed by atoms with Gasteiger partial charge in [0.2, 0.25) is 0 Å². The van der Waals surface area contributed by atoms with E-state index >= 15 is 0 Å². The first-order chi connectivity index (χ1) is 3.95. The molecule has 0 N–H and O–H groups in total. The Bertz CT molecular complexity index is 174. The molecule has 2 heterocycles. The summed E-state index contributed by atoms with van der Waals surface area (Å²) in [4.78, 5) is 4.33. The van der Waals surface area contributed by atoms with E-state index in [-0.39, 0.29) is 0 Å².